The van der Waals surface area contributed by atoms with Crippen LogP contribution in [0.3, 0.4) is 0 Å². The highest BCUT2D eigenvalue weighted by atomic mass is 16.5. The second-order valence-corrected chi connectivity index (χ2v) is 9.55. The molecule has 37 heavy (non-hydrogen) atoms. The molecule has 6 heteroatoms. The molecule has 1 aliphatic heterocycles. The topological polar surface area (TPSA) is 52.5 Å². The summed E-state index contributed by atoms with van der Waals surface area (Å²) in [5.41, 5.74) is 5.72. The highest BCUT2D eigenvalue weighted by Gasteiger charge is 2.45. The Balaban J connectivity index is 1.61. The molecule has 1 aliphatic carbocycles. The SMILES string of the molecule is COc1ccc(/C=C2\CCC(C)C3C2=NN(c2ccccc2)C3c2ccc(OC)c(OC)c2)cc1OC. The van der Waals surface area contributed by atoms with Gasteiger partial charge in [-0.05, 0) is 77.9 Å². The standard InChI is InChI=1S/C31H34N2O4/c1-20-11-13-22(17-21-12-15-25(34-2)27(18-21)36-4)30-29(20)31(33(32-30)24-9-7-6-8-10-24)23-14-16-26(35-3)28(19-23)37-5/h6-10,12,14-20,29,31H,11,13H2,1-5H3/b22-17+. The molecule has 0 bridgehead atoms. The van der Waals surface area contributed by atoms with Crippen molar-refractivity contribution in [2.24, 2.45) is 16.9 Å². The number of rotatable bonds is 7. The summed E-state index contributed by atoms with van der Waals surface area (Å²) in [7, 11) is 6.67. The Hall–Kier alpha value is -3.93. The number of hydrogen-bond donors (Lipinski definition) is 0. The number of anilines is 1. The van der Waals surface area contributed by atoms with Crippen molar-refractivity contribution >= 4 is 17.5 Å². The van der Waals surface area contributed by atoms with Crippen LogP contribution in [0.1, 0.15) is 36.9 Å². The Kier molecular flexibility index (Phi) is 7.08. The maximum atomic E-state index is 5.67. The first kappa shape index (κ1) is 24.8. The highest BCUT2D eigenvalue weighted by molar-refractivity contribution is 6.08. The van der Waals surface area contributed by atoms with E-state index in [4.69, 9.17) is 24.0 Å². The van der Waals surface area contributed by atoms with Crippen LogP contribution in [0.15, 0.2) is 77.4 Å². The molecule has 3 atom stereocenters. The third kappa shape index (κ3) is 4.64. The molecule has 6 nitrogen and oxygen atoms in total. The van der Waals surface area contributed by atoms with Crippen molar-refractivity contribution in [2.75, 3.05) is 33.4 Å². The number of methoxy groups -OCH3 is 4. The van der Waals surface area contributed by atoms with Gasteiger partial charge >= 0.3 is 0 Å². The van der Waals surface area contributed by atoms with E-state index in [1.807, 2.05) is 24.3 Å². The summed E-state index contributed by atoms with van der Waals surface area (Å²) >= 11 is 0. The fourth-order valence-corrected chi connectivity index (χ4v) is 5.57. The third-order valence-corrected chi connectivity index (χ3v) is 7.46. The van der Waals surface area contributed by atoms with Crippen molar-refractivity contribution in [2.45, 2.75) is 25.8 Å². The molecule has 0 saturated heterocycles. The van der Waals surface area contributed by atoms with Gasteiger partial charge in [-0.25, -0.2) is 0 Å². The smallest absolute Gasteiger partial charge is 0.161 e. The van der Waals surface area contributed by atoms with Gasteiger partial charge in [0.1, 0.15) is 0 Å². The number of para-hydroxylation sites is 1. The summed E-state index contributed by atoms with van der Waals surface area (Å²) in [6, 6.07) is 22.7. The van der Waals surface area contributed by atoms with Crippen molar-refractivity contribution < 1.29 is 18.9 Å². The minimum atomic E-state index is 0.0429. The molecule has 192 valence electrons. The first-order valence-corrected chi connectivity index (χ1v) is 12.7. The zero-order valence-corrected chi connectivity index (χ0v) is 22.1. The van der Waals surface area contributed by atoms with Crippen LogP contribution in [0.5, 0.6) is 23.0 Å². The molecule has 2 aliphatic rings. The van der Waals surface area contributed by atoms with Crippen molar-refractivity contribution in [1.82, 2.24) is 0 Å². The van der Waals surface area contributed by atoms with Gasteiger partial charge in [-0.15, -0.1) is 0 Å². The fraction of sp³-hybridized carbons (Fsp3) is 0.323. The van der Waals surface area contributed by atoms with Crippen LogP contribution >= 0.6 is 0 Å². The molecular weight excluding hydrogens is 464 g/mol. The quantitative estimate of drug-likeness (QED) is 0.360. The molecule has 3 aromatic rings. The lowest BCUT2D eigenvalue weighted by atomic mass is 9.71. The van der Waals surface area contributed by atoms with Crippen molar-refractivity contribution in [3.8, 4) is 23.0 Å². The molecule has 5 rings (SSSR count). The number of hydrazone groups is 1. The second kappa shape index (κ2) is 10.6. The van der Waals surface area contributed by atoms with Crippen LogP contribution < -0.4 is 24.0 Å². The maximum absolute atomic E-state index is 5.67. The molecule has 3 aromatic carbocycles. The van der Waals surface area contributed by atoms with Gasteiger partial charge in [0.2, 0.25) is 0 Å². The summed E-state index contributed by atoms with van der Waals surface area (Å²) in [5, 5.41) is 7.48. The first-order valence-electron chi connectivity index (χ1n) is 12.7. The van der Waals surface area contributed by atoms with Crippen LogP contribution in [0, 0.1) is 11.8 Å². The summed E-state index contributed by atoms with van der Waals surface area (Å²) < 4.78 is 22.2. The van der Waals surface area contributed by atoms with Gasteiger partial charge in [-0.1, -0.05) is 37.3 Å². The molecule has 3 unspecified atom stereocenters. The van der Waals surface area contributed by atoms with E-state index in [9.17, 15) is 0 Å². The van der Waals surface area contributed by atoms with E-state index in [-0.39, 0.29) is 12.0 Å². The summed E-state index contributed by atoms with van der Waals surface area (Å²) in [6.07, 6.45) is 4.32. The van der Waals surface area contributed by atoms with E-state index in [0.717, 1.165) is 58.4 Å². The molecule has 0 aromatic heterocycles. The molecule has 1 fully saturated rings. The Morgan fingerprint density at radius 3 is 2.11 bits per heavy atom. The normalized spacial score (nSPS) is 21.9. The minimum absolute atomic E-state index is 0.0429. The number of benzene rings is 3. The monoisotopic (exact) mass is 498 g/mol. The minimum Gasteiger partial charge on any atom is -0.493 e. The van der Waals surface area contributed by atoms with E-state index >= 15 is 0 Å². The van der Waals surface area contributed by atoms with E-state index in [1.165, 1.54) is 5.57 Å². The predicted molar refractivity (Wildman–Crippen MR) is 148 cm³/mol. The molecule has 0 spiro atoms. The summed E-state index contributed by atoms with van der Waals surface area (Å²) in [4.78, 5) is 0. The Morgan fingerprint density at radius 2 is 1.43 bits per heavy atom. The zero-order valence-electron chi connectivity index (χ0n) is 22.1. The van der Waals surface area contributed by atoms with Crippen molar-refractivity contribution in [3.05, 3.63) is 83.4 Å². The molecule has 0 N–H and O–H groups in total. The van der Waals surface area contributed by atoms with Gasteiger partial charge in [-0.3, -0.25) is 5.01 Å². The predicted octanol–water partition coefficient (Wildman–Crippen LogP) is 6.77. The van der Waals surface area contributed by atoms with E-state index in [0.29, 0.717) is 5.92 Å². The number of nitrogens with zero attached hydrogens (tertiary/aromatic N) is 2. The average molecular weight is 499 g/mol. The van der Waals surface area contributed by atoms with Crippen LogP contribution in [0.2, 0.25) is 0 Å². The Morgan fingerprint density at radius 1 is 0.784 bits per heavy atom. The number of fused-ring (bicyclic) bond motifs is 1. The second-order valence-electron chi connectivity index (χ2n) is 9.55. The molecule has 1 heterocycles. The van der Waals surface area contributed by atoms with Gasteiger partial charge in [-0.2, -0.15) is 5.10 Å². The lowest BCUT2D eigenvalue weighted by Gasteiger charge is -2.35. The van der Waals surface area contributed by atoms with Crippen molar-refractivity contribution in [1.29, 1.82) is 0 Å². The summed E-state index contributed by atoms with van der Waals surface area (Å²) in [5.74, 6) is 3.60. The molecule has 0 amide bonds. The highest BCUT2D eigenvalue weighted by Crippen LogP contribution is 2.49. The number of ether oxygens (including phenoxy) is 4. The van der Waals surface area contributed by atoms with Gasteiger partial charge in [0.15, 0.2) is 23.0 Å². The van der Waals surface area contributed by atoms with Crippen molar-refractivity contribution in [3.63, 3.8) is 0 Å². The fourth-order valence-electron chi connectivity index (χ4n) is 5.57. The Bertz CT molecular complexity index is 1320. The molecule has 1 saturated carbocycles. The first-order chi connectivity index (χ1) is 18.1. The van der Waals surface area contributed by atoms with Crippen LogP contribution in [0.4, 0.5) is 5.69 Å². The van der Waals surface area contributed by atoms with Gasteiger partial charge < -0.3 is 18.9 Å². The van der Waals surface area contributed by atoms with Crippen LogP contribution in [-0.4, -0.2) is 34.2 Å². The van der Waals surface area contributed by atoms with E-state index in [2.05, 4.69) is 60.5 Å². The van der Waals surface area contributed by atoms with Gasteiger partial charge in [0.25, 0.3) is 0 Å². The molecular formula is C31H34N2O4. The zero-order chi connectivity index (χ0) is 25.9. The summed E-state index contributed by atoms with van der Waals surface area (Å²) in [6.45, 7) is 2.34. The number of allylic oxidation sites excluding steroid dienone is 1. The maximum Gasteiger partial charge on any atom is 0.161 e. The third-order valence-electron chi connectivity index (χ3n) is 7.46. The van der Waals surface area contributed by atoms with Crippen LogP contribution in [0.25, 0.3) is 6.08 Å². The van der Waals surface area contributed by atoms with Crippen LogP contribution in [-0.2, 0) is 0 Å². The number of hydrogen-bond acceptors (Lipinski definition) is 6. The van der Waals surface area contributed by atoms with E-state index in [1.54, 1.807) is 28.4 Å². The lowest BCUT2D eigenvalue weighted by Crippen LogP contribution is -2.33. The van der Waals surface area contributed by atoms with Gasteiger partial charge in [0, 0.05) is 5.92 Å². The van der Waals surface area contributed by atoms with E-state index < -0.39 is 0 Å². The largest absolute Gasteiger partial charge is 0.493 e. The Labute approximate surface area is 219 Å². The van der Waals surface area contributed by atoms with Gasteiger partial charge in [0.05, 0.1) is 45.9 Å². The lowest BCUT2D eigenvalue weighted by molar-refractivity contribution is 0.348. The average Bonchev–Trinajstić information content (AvgIpc) is 3.36. The molecule has 0 radical (unpaired) electrons.